The summed E-state index contributed by atoms with van der Waals surface area (Å²) in [5.74, 6) is -2.22. The highest BCUT2D eigenvalue weighted by atomic mass is 19.1. The third-order valence-corrected chi connectivity index (χ3v) is 3.41. The summed E-state index contributed by atoms with van der Waals surface area (Å²) in [6.45, 7) is 0. The van der Waals surface area contributed by atoms with Crippen molar-refractivity contribution < 1.29 is 18.3 Å². The van der Waals surface area contributed by atoms with Crippen LogP contribution < -0.4 is 5.46 Å². The number of carbonyl (C=O) groups is 1. The Balaban J connectivity index is 2.36. The van der Waals surface area contributed by atoms with Gasteiger partial charge in [0.25, 0.3) is 0 Å². The van der Waals surface area contributed by atoms with E-state index in [1.54, 1.807) is 24.3 Å². The first-order valence-corrected chi connectivity index (χ1v) is 6.46. The van der Waals surface area contributed by atoms with E-state index in [9.17, 15) is 13.6 Å². The molecule has 0 amide bonds. The lowest BCUT2D eigenvalue weighted by atomic mass is 9.94. The molecule has 0 unspecified atom stereocenters. The second kappa shape index (κ2) is 5.29. The number of hydrogen-bond donors (Lipinski definition) is 1. The summed E-state index contributed by atoms with van der Waals surface area (Å²) in [5, 5.41) is 0.135. The van der Waals surface area contributed by atoms with Crippen LogP contribution in [-0.2, 0) is 4.74 Å². The van der Waals surface area contributed by atoms with E-state index >= 15 is 0 Å². The molecule has 3 rings (SSSR count). The molecule has 0 fully saturated rings. The molecule has 0 aliphatic carbocycles. The number of aromatic nitrogens is 1. The molecule has 3 nitrogen and oxygen atoms in total. The van der Waals surface area contributed by atoms with Gasteiger partial charge in [0, 0.05) is 11.5 Å². The van der Waals surface area contributed by atoms with Gasteiger partial charge < -0.3 is 9.72 Å². The quantitative estimate of drug-likeness (QED) is 0.583. The highest BCUT2D eigenvalue weighted by Crippen LogP contribution is 2.32. The number of benzene rings is 2. The van der Waals surface area contributed by atoms with Crippen LogP contribution in [0.1, 0.15) is 10.4 Å². The molecule has 1 aromatic heterocycles. The summed E-state index contributed by atoms with van der Waals surface area (Å²) in [7, 11) is 6.85. The first kappa shape index (κ1) is 14.3. The van der Waals surface area contributed by atoms with Crippen LogP contribution in [0.15, 0.2) is 36.4 Å². The molecule has 6 heteroatoms. The third-order valence-electron chi connectivity index (χ3n) is 3.41. The lowest BCUT2D eigenvalue weighted by Crippen LogP contribution is -2.04. The maximum atomic E-state index is 13.9. The molecule has 3 aromatic rings. The van der Waals surface area contributed by atoms with E-state index in [0.29, 0.717) is 16.7 Å². The van der Waals surface area contributed by atoms with Crippen molar-refractivity contribution in [1.82, 2.24) is 4.98 Å². The van der Waals surface area contributed by atoms with Crippen molar-refractivity contribution in [3.05, 3.63) is 53.6 Å². The van der Waals surface area contributed by atoms with Gasteiger partial charge in [-0.1, -0.05) is 29.7 Å². The molecular weight excluding hydrogens is 287 g/mol. The Morgan fingerprint density at radius 2 is 1.86 bits per heavy atom. The van der Waals surface area contributed by atoms with Crippen LogP contribution in [-0.4, -0.2) is 25.9 Å². The molecule has 0 saturated heterocycles. The van der Waals surface area contributed by atoms with Crippen molar-refractivity contribution in [2.24, 2.45) is 0 Å². The minimum Gasteiger partial charge on any atom is -0.465 e. The van der Waals surface area contributed by atoms with E-state index in [1.165, 1.54) is 7.11 Å². The summed E-state index contributed by atoms with van der Waals surface area (Å²) in [6, 6.07) is 8.52. The first-order valence-electron chi connectivity index (χ1n) is 6.46. The lowest BCUT2D eigenvalue weighted by molar-refractivity contribution is 0.0604. The number of rotatable bonds is 2. The van der Waals surface area contributed by atoms with E-state index < -0.39 is 17.6 Å². The van der Waals surface area contributed by atoms with Crippen molar-refractivity contribution in [2.45, 2.75) is 0 Å². The van der Waals surface area contributed by atoms with Crippen molar-refractivity contribution in [3.8, 4) is 11.3 Å². The van der Waals surface area contributed by atoms with Gasteiger partial charge >= 0.3 is 5.97 Å². The number of methoxy groups -OCH3 is 1. The van der Waals surface area contributed by atoms with Crippen molar-refractivity contribution >= 4 is 30.2 Å². The number of aromatic amines is 1. The molecular formula is C16H10BF2NO2. The summed E-state index contributed by atoms with van der Waals surface area (Å²) in [5.41, 5.74) is 1.66. The monoisotopic (exact) mass is 297 g/mol. The first-order chi connectivity index (χ1) is 10.5. The van der Waals surface area contributed by atoms with Crippen molar-refractivity contribution in [2.75, 3.05) is 7.11 Å². The second-order valence-corrected chi connectivity index (χ2v) is 4.80. The molecule has 1 heterocycles. The zero-order chi connectivity index (χ0) is 15.9. The van der Waals surface area contributed by atoms with Crippen LogP contribution in [0.4, 0.5) is 8.78 Å². The maximum absolute atomic E-state index is 13.9. The molecule has 0 aliphatic rings. The minimum absolute atomic E-state index is 0.0497. The Labute approximate surface area is 126 Å². The molecule has 0 aliphatic heterocycles. The smallest absolute Gasteiger partial charge is 0.340 e. The summed E-state index contributed by atoms with van der Waals surface area (Å²) < 4.78 is 32.2. The van der Waals surface area contributed by atoms with Crippen LogP contribution in [0.5, 0.6) is 0 Å². The van der Waals surface area contributed by atoms with Crippen LogP contribution in [0, 0.1) is 11.6 Å². The van der Waals surface area contributed by atoms with E-state index in [2.05, 4.69) is 4.98 Å². The van der Waals surface area contributed by atoms with Gasteiger partial charge in [0.05, 0.1) is 23.9 Å². The van der Waals surface area contributed by atoms with Crippen molar-refractivity contribution in [1.29, 1.82) is 0 Å². The fourth-order valence-corrected chi connectivity index (χ4v) is 2.40. The van der Waals surface area contributed by atoms with Gasteiger partial charge in [-0.25, -0.2) is 13.6 Å². The summed E-state index contributed by atoms with van der Waals surface area (Å²) in [4.78, 5) is 14.9. The number of fused-ring (bicyclic) bond motifs is 1. The van der Waals surface area contributed by atoms with Crippen LogP contribution in [0.25, 0.3) is 22.2 Å². The highest BCUT2D eigenvalue weighted by Gasteiger charge is 2.22. The molecule has 0 saturated carbocycles. The van der Waals surface area contributed by atoms with Gasteiger partial charge in [-0.05, 0) is 11.6 Å². The van der Waals surface area contributed by atoms with Gasteiger partial charge in [0.2, 0.25) is 0 Å². The average molecular weight is 297 g/mol. The minimum atomic E-state index is -0.776. The number of hydrogen-bond acceptors (Lipinski definition) is 2. The van der Waals surface area contributed by atoms with E-state index in [-0.39, 0.29) is 16.5 Å². The topological polar surface area (TPSA) is 42.1 Å². The predicted molar refractivity (Wildman–Crippen MR) is 80.4 cm³/mol. The molecule has 0 bridgehead atoms. The molecule has 1 N–H and O–H groups in total. The zero-order valence-corrected chi connectivity index (χ0v) is 11.6. The Morgan fingerprint density at radius 3 is 2.50 bits per heavy atom. The molecule has 0 atom stereocenters. The van der Waals surface area contributed by atoms with E-state index in [1.807, 2.05) is 0 Å². The third kappa shape index (κ3) is 2.26. The van der Waals surface area contributed by atoms with Gasteiger partial charge in [-0.15, -0.1) is 0 Å². The number of ether oxygens (including phenoxy) is 1. The largest absolute Gasteiger partial charge is 0.465 e. The Morgan fingerprint density at radius 1 is 1.18 bits per heavy atom. The molecule has 108 valence electrons. The Hall–Kier alpha value is -2.63. The molecule has 2 radical (unpaired) electrons. The normalized spacial score (nSPS) is 10.9. The van der Waals surface area contributed by atoms with Gasteiger partial charge in [0.1, 0.15) is 19.5 Å². The summed E-state index contributed by atoms with van der Waals surface area (Å²) in [6.07, 6.45) is 0. The summed E-state index contributed by atoms with van der Waals surface area (Å²) >= 11 is 0. The standard InChI is InChI=1S/C16H10BF2NO2/c1-22-16(21)13-11-6-10(18)7-12(19)15(11)20-14(13)8-2-4-9(17)5-3-8/h2-7,20H,1H3. The highest BCUT2D eigenvalue weighted by molar-refractivity contribution is 6.32. The SMILES string of the molecule is [B]c1ccc(-c2[nH]c3c(F)cc(F)cc3c2C(=O)OC)cc1. The average Bonchev–Trinajstić information content (AvgIpc) is 2.87. The number of H-pyrrole nitrogens is 1. The molecule has 0 spiro atoms. The maximum Gasteiger partial charge on any atom is 0.340 e. The Bertz CT molecular complexity index is 872. The zero-order valence-electron chi connectivity index (χ0n) is 11.6. The molecule has 2 aromatic carbocycles. The Kier molecular flexibility index (Phi) is 3.44. The fourth-order valence-electron chi connectivity index (χ4n) is 2.40. The van der Waals surface area contributed by atoms with Crippen molar-refractivity contribution in [3.63, 3.8) is 0 Å². The van der Waals surface area contributed by atoms with E-state index in [4.69, 9.17) is 12.6 Å². The fraction of sp³-hybridized carbons (Fsp3) is 0.0625. The second-order valence-electron chi connectivity index (χ2n) is 4.80. The number of carbonyl (C=O) groups excluding carboxylic acids is 1. The van der Waals surface area contributed by atoms with Gasteiger partial charge in [-0.3, -0.25) is 0 Å². The van der Waals surface area contributed by atoms with Crippen LogP contribution in [0.3, 0.4) is 0 Å². The molecule has 22 heavy (non-hydrogen) atoms. The van der Waals surface area contributed by atoms with Crippen LogP contribution >= 0.6 is 0 Å². The number of halogens is 2. The number of nitrogens with one attached hydrogen (secondary N) is 1. The predicted octanol–water partition coefficient (Wildman–Crippen LogP) is 2.69. The van der Waals surface area contributed by atoms with Gasteiger partial charge in [0.15, 0.2) is 0 Å². The van der Waals surface area contributed by atoms with Gasteiger partial charge in [-0.2, -0.15) is 0 Å². The van der Waals surface area contributed by atoms with Crippen LogP contribution in [0.2, 0.25) is 0 Å². The lowest BCUT2D eigenvalue weighted by Gasteiger charge is -2.04. The number of esters is 1. The van der Waals surface area contributed by atoms with E-state index in [0.717, 1.165) is 12.1 Å².